The van der Waals surface area contributed by atoms with Crippen molar-refractivity contribution >= 4 is 5.91 Å². The van der Waals surface area contributed by atoms with Crippen LogP contribution in [-0.2, 0) is 4.79 Å². The lowest BCUT2D eigenvalue weighted by molar-refractivity contribution is -0.122. The van der Waals surface area contributed by atoms with Crippen molar-refractivity contribution < 1.29 is 4.79 Å². The number of likely N-dealkylation sites (N-methyl/N-ethyl adjacent to an activating group) is 1. The Bertz CT molecular complexity index is 283. The number of piperidine rings is 1. The van der Waals surface area contributed by atoms with E-state index in [0.29, 0.717) is 6.54 Å². The maximum absolute atomic E-state index is 11.3. The highest BCUT2D eigenvalue weighted by Gasteiger charge is 2.23. The Hall–Kier alpha value is -0.690. The molecule has 2 saturated heterocycles. The molecule has 6 nitrogen and oxygen atoms in total. The molecule has 2 aliphatic rings. The van der Waals surface area contributed by atoms with Gasteiger partial charge in [0.2, 0.25) is 5.91 Å². The average molecular weight is 269 g/mol. The Morgan fingerprint density at radius 2 is 1.74 bits per heavy atom. The second kappa shape index (κ2) is 7.19. The van der Waals surface area contributed by atoms with Crippen LogP contribution in [0.4, 0.5) is 0 Å². The Kier molecular flexibility index (Phi) is 5.57. The smallest absolute Gasteiger partial charge is 0.233 e. The van der Waals surface area contributed by atoms with Gasteiger partial charge < -0.3 is 10.2 Å². The second-order valence-electron chi connectivity index (χ2n) is 5.73. The number of hydrogen-bond acceptors (Lipinski definition) is 5. The van der Waals surface area contributed by atoms with Crippen LogP contribution in [0.1, 0.15) is 12.8 Å². The number of carbonyl (C=O) groups is 1. The average Bonchev–Trinajstić information content (AvgIpc) is 2.43. The summed E-state index contributed by atoms with van der Waals surface area (Å²) in [5.74, 6) is 6.68. The van der Waals surface area contributed by atoms with E-state index in [0.717, 1.165) is 45.2 Å². The number of nitrogens with two attached hydrogens (primary N) is 1. The first-order chi connectivity index (χ1) is 9.17. The molecule has 19 heavy (non-hydrogen) atoms. The van der Waals surface area contributed by atoms with Gasteiger partial charge in [-0.15, -0.1) is 0 Å². The van der Waals surface area contributed by atoms with E-state index in [1.165, 1.54) is 19.4 Å². The summed E-state index contributed by atoms with van der Waals surface area (Å²) < 4.78 is 0. The number of nitrogens with one attached hydrogen (secondary N) is 1. The minimum atomic E-state index is 0.123. The third-order valence-electron chi connectivity index (χ3n) is 4.28. The zero-order valence-electron chi connectivity index (χ0n) is 12.0. The predicted molar refractivity (Wildman–Crippen MR) is 75.4 cm³/mol. The Balaban J connectivity index is 1.64. The maximum atomic E-state index is 11.3. The summed E-state index contributed by atoms with van der Waals surface area (Å²) in [4.78, 5) is 16.1. The van der Waals surface area contributed by atoms with Crippen LogP contribution in [0.25, 0.3) is 0 Å². The molecule has 0 saturated carbocycles. The van der Waals surface area contributed by atoms with Crippen molar-refractivity contribution in [3.05, 3.63) is 0 Å². The predicted octanol–water partition coefficient (Wildman–Crippen LogP) is -1.06. The molecule has 0 aromatic carbocycles. The van der Waals surface area contributed by atoms with Gasteiger partial charge in [0.1, 0.15) is 0 Å². The van der Waals surface area contributed by atoms with E-state index in [2.05, 4.69) is 15.1 Å². The first-order valence-electron chi connectivity index (χ1n) is 7.32. The summed E-state index contributed by atoms with van der Waals surface area (Å²) in [5.41, 5.74) is 0. The van der Waals surface area contributed by atoms with Gasteiger partial charge in [0.05, 0.1) is 6.54 Å². The van der Waals surface area contributed by atoms with Gasteiger partial charge in [0.15, 0.2) is 0 Å². The minimum Gasteiger partial charge on any atom is -0.358 e. The number of nitrogens with zero attached hydrogens (tertiary/aromatic N) is 3. The van der Waals surface area contributed by atoms with Crippen LogP contribution < -0.4 is 11.2 Å². The van der Waals surface area contributed by atoms with Crippen molar-refractivity contribution in [1.29, 1.82) is 0 Å². The van der Waals surface area contributed by atoms with Gasteiger partial charge in [-0.2, -0.15) is 0 Å². The van der Waals surface area contributed by atoms with Crippen LogP contribution >= 0.6 is 0 Å². The van der Waals surface area contributed by atoms with Crippen molar-refractivity contribution in [2.75, 3.05) is 59.4 Å². The van der Waals surface area contributed by atoms with Crippen molar-refractivity contribution in [2.45, 2.75) is 12.8 Å². The fourth-order valence-electron chi connectivity index (χ4n) is 2.92. The van der Waals surface area contributed by atoms with Crippen molar-refractivity contribution in [3.8, 4) is 0 Å². The lowest BCUT2D eigenvalue weighted by Crippen LogP contribution is -2.51. The summed E-state index contributed by atoms with van der Waals surface area (Å²) >= 11 is 0. The van der Waals surface area contributed by atoms with Crippen molar-refractivity contribution in [2.24, 2.45) is 11.8 Å². The molecule has 0 unspecified atom stereocenters. The largest absolute Gasteiger partial charge is 0.358 e. The molecule has 0 spiro atoms. The van der Waals surface area contributed by atoms with Gasteiger partial charge in [-0.25, -0.2) is 5.01 Å². The number of carbonyl (C=O) groups excluding carboxylic acids is 1. The fourth-order valence-corrected chi connectivity index (χ4v) is 2.92. The first-order valence-corrected chi connectivity index (χ1v) is 7.32. The summed E-state index contributed by atoms with van der Waals surface area (Å²) in [7, 11) is 1.70. The van der Waals surface area contributed by atoms with Gasteiger partial charge in [0, 0.05) is 39.8 Å². The maximum Gasteiger partial charge on any atom is 0.233 e. The molecule has 0 aliphatic carbocycles. The SMILES string of the molecule is CNC(=O)CN1CCC(CN2CCN(N)CC2)CC1. The normalized spacial score (nSPS) is 24.5. The summed E-state index contributed by atoms with van der Waals surface area (Å²) in [5, 5.41) is 4.59. The molecule has 2 rings (SSSR count). The second-order valence-corrected chi connectivity index (χ2v) is 5.73. The molecule has 1 amide bonds. The molecule has 2 heterocycles. The number of amides is 1. The van der Waals surface area contributed by atoms with E-state index < -0.39 is 0 Å². The highest BCUT2D eigenvalue weighted by atomic mass is 16.1. The molecule has 0 atom stereocenters. The van der Waals surface area contributed by atoms with Crippen LogP contribution in [0, 0.1) is 5.92 Å². The summed E-state index contributed by atoms with van der Waals surface area (Å²) in [6.45, 7) is 8.00. The van der Waals surface area contributed by atoms with Crippen LogP contribution in [0.2, 0.25) is 0 Å². The van der Waals surface area contributed by atoms with E-state index in [4.69, 9.17) is 5.84 Å². The van der Waals surface area contributed by atoms with E-state index in [-0.39, 0.29) is 5.91 Å². The Labute approximate surface area is 115 Å². The lowest BCUT2D eigenvalue weighted by atomic mass is 9.96. The molecule has 0 bridgehead atoms. The first kappa shape index (κ1) is 14.7. The van der Waals surface area contributed by atoms with Crippen LogP contribution in [0.5, 0.6) is 0 Å². The van der Waals surface area contributed by atoms with Crippen molar-refractivity contribution in [3.63, 3.8) is 0 Å². The van der Waals surface area contributed by atoms with Crippen LogP contribution in [0.3, 0.4) is 0 Å². The zero-order chi connectivity index (χ0) is 13.7. The van der Waals surface area contributed by atoms with Crippen LogP contribution in [-0.4, -0.2) is 80.1 Å². The van der Waals surface area contributed by atoms with Gasteiger partial charge in [0.25, 0.3) is 0 Å². The molecule has 0 radical (unpaired) electrons. The van der Waals surface area contributed by atoms with Gasteiger partial charge in [-0.3, -0.25) is 15.5 Å². The minimum absolute atomic E-state index is 0.123. The Morgan fingerprint density at radius 3 is 2.32 bits per heavy atom. The molecular weight excluding hydrogens is 242 g/mol. The highest BCUT2D eigenvalue weighted by Crippen LogP contribution is 2.18. The molecule has 3 N–H and O–H groups in total. The fraction of sp³-hybridized carbons (Fsp3) is 0.923. The van der Waals surface area contributed by atoms with Gasteiger partial charge in [-0.05, 0) is 31.8 Å². The molecule has 0 aromatic rings. The van der Waals surface area contributed by atoms with E-state index in [1.807, 2.05) is 5.01 Å². The number of rotatable bonds is 4. The third-order valence-corrected chi connectivity index (χ3v) is 4.28. The number of likely N-dealkylation sites (tertiary alicyclic amines) is 1. The summed E-state index contributed by atoms with van der Waals surface area (Å²) in [6.07, 6.45) is 2.42. The summed E-state index contributed by atoms with van der Waals surface area (Å²) in [6, 6.07) is 0. The van der Waals surface area contributed by atoms with Crippen LogP contribution in [0.15, 0.2) is 0 Å². The van der Waals surface area contributed by atoms with Gasteiger partial charge >= 0.3 is 0 Å². The molecule has 110 valence electrons. The van der Waals surface area contributed by atoms with E-state index >= 15 is 0 Å². The molecule has 2 fully saturated rings. The standard InChI is InChI=1S/C13H27N5O/c1-15-13(19)11-16-4-2-12(3-5-16)10-17-6-8-18(14)9-7-17/h12H,2-11,14H2,1H3,(H,15,19). The Morgan fingerprint density at radius 1 is 1.11 bits per heavy atom. The number of piperazine rings is 1. The highest BCUT2D eigenvalue weighted by molar-refractivity contribution is 5.77. The number of hydrazine groups is 1. The topological polar surface area (TPSA) is 64.8 Å². The molecule has 0 aromatic heterocycles. The zero-order valence-corrected chi connectivity index (χ0v) is 12.0. The molecule has 2 aliphatic heterocycles. The molecular formula is C13H27N5O. The third kappa shape index (κ3) is 4.72. The lowest BCUT2D eigenvalue weighted by Gasteiger charge is -2.37. The number of hydrogen-bond donors (Lipinski definition) is 2. The van der Waals surface area contributed by atoms with Crippen molar-refractivity contribution in [1.82, 2.24) is 20.1 Å². The molecule has 6 heteroatoms. The monoisotopic (exact) mass is 269 g/mol. The quantitative estimate of drug-likeness (QED) is 0.637. The van der Waals surface area contributed by atoms with Gasteiger partial charge in [-0.1, -0.05) is 0 Å². The van der Waals surface area contributed by atoms with E-state index in [1.54, 1.807) is 7.05 Å². The van der Waals surface area contributed by atoms with E-state index in [9.17, 15) is 4.79 Å².